The van der Waals surface area contributed by atoms with Crippen LogP contribution < -0.4 is 10.6 Å². The topological polar surface area (TPSA) is 80.0 Å². The molecule has 0 spiro atoms. The van der Waals surface area contributed by atoms with Gasteiger partial charge in [0, 0.05) is 18.5 Å². The van der Waals surface area contributed by atoms with E-state index in [0.717, 1.165) is 10.8 Å². The van der Waals surface area contributed by atoms with E-state index in [1.807, 2.05) is 24.3 Å². The maximum atomic E-state index is 12.3. The summed E-state index contributed by atoms with van der Waals surface area (Å²) in [6.07, 6.45) is 0. The van der Waals surface area contributed by atoms with Gasteiger partial charge in [0.05, 0.1) is 0 Å². The van der Waals surface area contributed by atoms with E-state index in [1.165, 1.54) is 0 Å². The Morgan fingerprint density at radius 3 is 2.76 bits per heavy atom. The second-order valence-corrected chi connectivity index (χ2v) is 4.60. The molecule has 2 N–H and O–H groups in total. The third kappa shape index (κ3) is 2.55. The van der Waals surface area contributed by atoms with Crippen LogP contribution in [0.4, 0.5) is 11.6 Å². The summed E-state index contributed by atoms with van der Waals surface area (Å²) in [7, 11) is 1.78. The SMILES string of the molecule is CNc1nc(C(=O)Nc2cc(C)on2)cc2ccccc12. The van der Waals surface area contributed by atoms with Gasteiger partial charge in [-0.15, -0.1) is 0 Å². The second-order valence-electron chi connectivity index (χ2n) is 4.60. The number of nitrogens with zero attached hydrogens (tertiary/aromatic N) is 2. The Labute approximate surface area is 121 Å². The molecule has 6 heteroatoms. The molecule has 106 valence electrons. The number of aromatic nitrogens is 2. The molecule has 2 aromatic heterocycles. The maximum Gasteiger partial charge on any atom is 0.275 e. The highest BCUT2D eigenvalue weighted by atomic mass is 16.5. The number of fused-ring (bicyclic) bond motifs is 1. The molecule has 0 aliphatic rings. The fourth-order valence-electron chi connectivity index (χ4n) is 2.11. The predicted molar refractivity (Wildman–Crippen MR) is 80.5 cm³/mol. The van der Waals surface area contributed by atoms with Crippen molar-refractivity contribution in [2.75, 3.05) is 17.7 Å². The highest BCUT2D eigenvalue weighted by Crippen LogP contribution is 2.22. The minimum Gasteiger partial charge on any atom is -0.373 e. The Morgan fingerprint density at radius 1 is 1.24 bits per heavy atom. The molecule has 0 saturated heterocycles. The van der Waals surface area contributed by atoms with E-state index in [9.17, 15) is 4.79 Å². The first-order chi connectivity index (χ1) is 10.2. The highest BCUT2D eigenvalue weighted by molar-refractivity contribution is 6.06. The molecule has 6 nitrogen and oxygen atoms in total. The Bertz CT molecular complexity index is 810. The van der Waals surface area contributed by atoms with Gasteiger partial charge in [0.2, 0.25) is 0 Å². The summed E-state index contributed by atoms with van der Waals surface area (Å²) < 4.78 is 4.92. The van der Waals surface area contributed by atoms with Crippen molar-refractivity contribution in [1.82, 2.24) is 10.1 Å². The molecule has 21 heavy (non-hydrogen) atoms. The molecule has 3 rings (SSSR count). The predicted octanol–water partition coefficient (Wildman–Crippen LogP) is 2.83. The number of hydrogen-bond donors (Lipinski definition) is 2. The number of anilines is 2. The number of hydrogen-bond acceptors (Lipinski definition) is 5. The van der Waals surface area contributed by atoms with Gasteiger partial charge in [0.25, 0.3) is 5.91 Å². The molecule has 2 heterocycles. The number of carbonyl (C=O) groups is 1. The zero-order valence-electron chi connectivity index (χ0n) is 11.7. The van der Waals surface area contributed by atoms with E-state index in [0.29, 0.717) is 23.1 Å². The average Bonchev–Trinajstić information content (AvgIpc) is 2.91. The first kappa shape index (κ1) is 13.1. The normalized spacial score (nSPS) is 10.6. The van der Waals surface area contributed by atoms with Crippen molar-refractivity contribution < 1.29 is 9.32 Å². The van der Waals surface area contributed by atoms with Gasteiger partial charge in [-0.2, -0.15) is 0 Å². The highest BCUT2D eigenvalue weighted by Gasteiger charge is 2.13. The molecule has 1 aromatic carbocycles. The van der Waals surface area contributed by atoms with E-state index in [2.05, 4.69) is 20.8 Å². The molecule has 0 atom stereocenters. The molecule has 1 amide bonds. The summed E-state index contributed by atoms with van der Waals surface area (Å²) in [5, 5.41) is 11.3. The lowest BCUT2D eigenvalue weighted by Gasteiger charge is -2.08. The van der Waals surface area contributed by atoms with Crippen LogP contribution in [0.25, 0.3) is 10.8 Å². The number of aryl methyl sites for hydroxylation is 1. The van der Waals surface area contributed by atoms with Gasteiger partial charge >= 0.3 is 0 Å². The molecule has 0 radical (unpaired) electrons. The minimum absolute atomic E-state index is 0.318. The maximum absolute atomic E-state index is 12.3. The Hall–Kier alpha value is -2.89. The van der Waals surface area contributed by atoms with Gasteiger partial charge in [0.15, 0.2) is 5.82 Å². The van der Waals surface area contributed by atoms with Crippen molar-refractivity contribution in [2.24, 2.45) is 0 Å². The minimum atomic E-state index is -0.328. The standard InChI is InChI=1S/C15H14N4O2/c1-9-7-13(19-21-9)18-15(20)12-8-10-5-3-4-6-11(10)14(16-2)17-12/h3-8H,1-2H3,(H,16,17)(H,18,19,20). The first-order valence-corrected chi connectivity index (χ1v) is 6.49. The van der Waals surface area contributed by atoms with Gasteiger partial charge in [-0.3, -0.25) is 4.79 Å². The van der Waals surface area contributed by atoms with E-state index in [4.69, 9.17) is 4.52 Å². The number of carbonyl (C=O) groups excluding carboxylic acids is 1. The van der Waals surface area contributed by atoms with Crippen LogP contribution in [0.5, 0.6) is 0 Å². The van der Waals surface area contributed by atoms with Gasteiger partial charge in [0.1, 0.15) is 17.3 Å². The molecule has 0 aliphatic carbocycles. The fraction of sp³-hybridized carbons (Fsp3) is 0.133. The summed E-state index contributed by atoms with van der Waals surface area (Å²) in [6, 6.07) is 11.1. The first-order valence-electron chi connectivity index (χ1n) is 6.49. The number of amides is 1. The van der Waals surface area contributed by atoms with Crippen LogP contribution in [-0.4, -0.2) is 23.1 Å². The van der Waals surface area contributed by atoms with Crippen LogP contribution >= 0.6 is 0 Å². The van der Waals surface area contributed by atoms with Crippen LogP contribution in [0.15, 0.2) is 40.9 Å². The lowest BCUT2D eigenvalue weighted by Crippen LogP contribution is -2.14. The van der Waals surface area contributed by atoms with Crippen molar-refractivity contribution in [3.8, 4) is 0 Å². The van der Waals surface area contributed by atoms with Crippen molar-refractivity contribution in [3.05, 3.63) is 47.9 Å². The molecule has 0 aliphatic heterocycles. The molecular formula is C15H14N4O2. The molecule has 0 unspecified atom stereocenters. The zero-order valence-corrected chi connectivity index (χ0v) is 11.7. The number of rotatable bonds is 3. The average molecular weight is 282 g/mol. The quantitative estimate of drug-likeness (QED) is 0.772. The summed E-state index contributed by atoms with van der Waals surface area (Å²) in [5.74, 6) is 1.34. The van der Waals surface area contributed by atoms with Crippen LogP contribution in [0.3, 0.4) is 0 Å². The third-order valence-electron chi connectivity index (χ3n) is 3.08. The molecule has 0 fully saturated rings. The number of benzene rings is 1. The van der Waals surface area contributed by atoms with Crippen LogP contribution in [0, 0.1) is 6.92 Å². The monoisotopic (exact) mass is 282 g/mol. The Morgan fingerprint density at radius 2 is 2.05 bits per heavy atom. The van der Waals surface area contributed by atoms with Gasteiger partial charge < -0.3 is 15.2 Å². The van der Waals surface area contributed by atoms with Crippen LogP contribution in [0.1, 0.15) is 16.2 Å². The van der Waals surface area contributed by atoms with E-state index >= 15 is 0 Å². The summed E-state index contributed by atoms with van der Waals surface area (Å²) in [5.41, 5.74) is 0.318. The zero-order chi connectivity index (χ0) is 14.8. The largest absolute Gasteiger partial charge is 0.373 e. The second kappa shape index (κ2) is 5.24. The van der Waals surface area contributed by atoms with Crippen molar-refractivity contribution in [1.29, 1.82) is 0 Å². The smallest absolute Gasteiger partial charge is 0.275 e. The fourth-order valence-corrected chi connectivity index (χ4v) is 2.11. The van der Waals surface area contributed by atoms with E-state index in [-0.39, 0.29) is 5.91 Å². The summed E-state index contributed by atoms with van der Waals surface area (Å²) in [4.78, 5) is 16.6. The molecule has 0 bridgehead atoms. The molecule has 3 aromatic rings. The molecular weight excluding hydrogens is 268 g/mol. The Balaban J connectivity index is 1.98. The lowest BCUT2D eigenvalue weighted by molar-refractivity contribution is 0.102. The van der Waals surface area contributed by atoms with Gasteiger partial charge in [-0.05, 0) is 18.4 Å². The van der Waals surface area contributed by atoms with E-state index < -0.39 is 0 Å². The summed E-state index contributed by atoms with van der Waals surface area (Å²) >= 11 is 0. The van der Waals surface area contributed by atoms with Crippen molar-refractivity contribution in [2.45, 2.75) is 6.92 Å². The van der Waals surface area contributed by atoms with Crippen molar-refractivity contribution in [3.63, 3.8) is 0 Å². The number of nitrogens with one attached hydrogen (secondary N) is 2. The van der Waals surface area contributed by atoms with Gasteiger partial charge in [-0.25, -0.2) is 4.98 Å². The van der Waals surface area contributed by atoms with Crippen molar-refractivity contribution >= 4 is 28.3 Å². The van der Waals surface area contributed by atoms with E-state index in [1.54, 1.807) is 26.1 Å². The van der Waals surface area contributed by atoms with Crippen LogP contribution in [0.2, 0.25) is 0 Å². The third-order valence-corrected chi connectivity index (χ3v) is 3.08. The summed E-state index contributed by atoms with van der Waals surface area (Å²) in [6.45, 7) is 1.76. The number of pyridine rings is 1. The Kier molecular flexibility index (Phi) is 3.27. The van der Waals surface area contributed by atoms with Gasteiger partial charge in [-0.1, -0.05) is 29.4 Å². The lowest BCUT2D eigenvalue weighted by atomic mass is 10.1. The molecule has 0 saturated carbocycles. The van der Waals surface area contributed by atoms with Crippen LogP contribution in [-0.2, 0) is 0 Å².